The summed E-state index contributed by atoms with van der Waals surface area (Å²) in [6, 6.07) is 0. The second-order valence-corrected chi connectivity index (χ2v) is 2.42. The van der Waals surface area contributed by atoms with Crippen LogP contribution in [0.15, 0.2) is 0 Å². The predicted octanol–water partition coefficient (Wildman–Crippen LogP) is -25.8. The predicted molar refractivity (Wildman–Crippen MR) is 79.8 cm³/mol. The fourth-order valence-electron chi connectivity index (χ4n) is 0.684. The van der Waals surface area contributed by atoms with Gasteiger partial charge in [0, 0.05) is 24.8 Å². The van der Waals surface area contributed by atoms with Gasteiger partial charge in [-0.1, -0.05) is 0 Å². The first-order valence-electron chi connectivity index (χ1n) is 3.11. The van der Waals surface area contributed by atoms with Gasteiger partial charge < -0.3 is 111 Å². The minimum absolute atomic E-state index is 0. The first-order chi connectivity index (χ1) is 5.78. The van der Waals surface area contributed by atoms with E-state index >= 15 is 0 Å². The van der Waals surface area contributed by atoms with E-state index in [4.69, 9.17) is 5.11 Å². The number of rotatable bonds is 5. The molecule has 0 amide bonds. The Morgan fingerprint density at radius 1 is 0.500 bits per heavy atom. The molecule has 0 rings (SSSR count). The molecule has 0 fully saturated rings. The number of carbonyl (C=O) groups is 3. The van der Waals surface area contributed by atoms with Gasteiger partial charge in [-0.25, -0.2) is 0 Å². The number of aliphatic carboxylic acids is 3. The van der Waals surface area contributed by atoms with Crippen molar-refractivity contribution in [1.29, 1.82) is 0 Å². The average Bonchev–Trinajstić information content (AvgIpc) is 1.82. The van der Waals surface area contributed by atoms with Crippen LogP contribution in [-0.4, -0.2) is 105 Å². The topological polar surface area (TPSA) is 582 Å². The zero-order valence-corrected chi connectivity index (χ0v) is 22.3. The van der Waals surface area contributed by atoms with Crippen LogP contribution in [-0.2, 0) is 14.4 Å². The molecule has 0 aliphatic heterocycles. The molecule has 29 N–H and O–H groups in total. The summed E-state index contributed by atoms with van der Waals surface area (Å²) in [7, 11) is 0. The van der Waals surface area contributed by atoms with Gasteiger partial charge in [-0.15, -0.1) is 0 Å². The maximum atomic E-state index is 10.1. The van der Waals surface area contributed by atoms with Crippen LogP contribution in [0.3, 0.4) is 0 Å². The van der Waals surface area contributed by atoms with Gasteiger partial charge in [-0.3, -0.25) is 0 Å². The third-order valence-corrected chi connectivity index (χ3v) is 1.25. The van der Waals surface area contributed by atoms with Crippen molar-refractivity contribution in [3.63, 3.8) is 0 Å². The molecule has 0 aliphatic carbocycles. The molecule has 0 unspecified atom stereocenters. The summed E-state index contributed by atoms with van der Waals surface area (Å²) in [6.45, 7) is 0. The molecule has 0 aromatic carbocycles. The summed E-state index contributed by atoms with van der Waals surface area (Å²) in [4.78, 5) is 30.0. The third kappa shape index (κ3) is 78.9. The molecular formula is C6H33Na3O21. The van der Waals surface area contributed by atoms with Crippen molar-refractivity contribution in [2.45, 2.75) is 18.4 Å². The first-order valence-corrected chi connectivity index (χ1v) is 3.11. The minimum atomic E-state index is -2.97. The van der Waals surface area contributed by atoms with E-state index in [0.717, 1.165) is 0 Å². The zero-order valence-electron chi connectivity index (χ0n) is 16.3. The van der Waals surface area contributed by atoms with Gasteiger partial charge >= 0.3 is 88.7 Å². The fourth-order valence-corrected chi connectivity index (χ4v) is 0.684. The van der Waals surface area contributed by atoms with E-state index in [1.54, 1.807) is 0 Å². The summed E-state index contributed by atoms with van der Waals surface area (Å²) < 4.78 is 0. The van der Waals surface area contributed by atoms with Crippen LogP contribution < -0.4 is 104 Å². The summed E-state index contributed by atoms with van der Waals surface area (Å²) in [5, 5.41) is 38.9. The number of carboxylic acid groups (broad SMARTS) is 3. The van der Waals surface area contributed by atoms with E-state index in [0.29, 0.717) is 0 Å². The van der Waals surface area contributed by atoms with Crippen molar-refractivity contribution in [2.24, 2.45) is 0 Å². The van der Waals surface area contributed by atoms with Crippen molar-refractivity contribution in [1.82, 2.24) is 0 Å². The fraction of sp³-hybridized carbons (Fsp3) is 0.500. The van der Waals surface area contributed by atoms with Crippen molar-refractivity contribution in [3.8, 4) is 0 Å². The largest absolute Gasteiger partial charge is 1.00 e. The quantitative estimate of drug-likeness (QED) is 0.347. The van der Waals surface area contributed by atoms with E-state index in [9.17, 15) is 29.7 Å². The number of carboxylic acids is 3. The summed E-state index contributed by atoms with van der Waals surface area (Å²) in [5.41, 5.74) is -2.97. The molecule has 0 aromatic heterocycles. The Labute approximate surface area is 234 Å². The molecule has 30 heavy (non-hydrogen) atoms. The molecule has 0 radical (unpaired) electrons. The molecule has 0 bridgehead atoms. The van der Waals surface area contributed by atoms with Gasteiger partial charge in [0.05, 0.1) is 5.97 Å². The molecular weight excluding hydrogens is 477 g/mol. The summed E-state index contributed by atoms with van der Waals surface area (Å²) >= 11 is 0. The Morgan fingerprint density at radius 3 is 0.700 bits per heavy atom. The van der Waals surface area contributed by atoms with Crippen molar-refractivity contribution < 1.29 is 200 Å². The Hall–Kier alpha value is 0.810. The Morgan fingerprint density at radius 2 is 0.633 bits per heavy atom. The summed E-state index contributed by atoms with van der Waals surface area (Å²) in [6.07, 6.45) is -2.72. The van der Waals surface area contributed by atoms with Crippen LogP contribution >= 0.6 is 0 Å². The van der Waals surface area contributed by atoms with Gasteiger partial charge in [0.15, 0.2) is 0 Å². The van der Waals surface area contributed by atoms with Crippen LogP contribution in [0.25, 0.3) is 0 Å². The second-order valence-electron chi connectivity index (χ2n) is 2.42. The molecule has 0 saturated carbocycles. The van der Waals surface area contributed by atoms with Gasteiger partial charge in [0.2, 0.25) is 0 Å². The maximum absolute atomic E-state index is 10.1. The van der Waals surface area contributed by atoms with Crippen LogP contribution in [0.5, 0.6) is 0 Å². The Kier molecular flexibility index (Phi) is 434. The number of hydrogen-bond acceptors (Lipinski definition) is 7. The van der Waals surface area contributed by atoms with E-state index < -0.39 is 36.4 Å². The second kappa shape index (κ2) is 78.0. The monoisotopic (exact) mass is 510 g/mol. The van der Waals surface area contributed by atoms with E-state index in [2.05, 4.69) is 0 Å². The van der Waals surface area contributed by atoms with Gasteiger partial charge in [0.1, 0.15) is 5.60 Å². The summed E-state index contributed by atoms with van der Waals surface area (Å²) in [5.74, 6) is -5.98. The smallest absolute Gasteiger partial charge is 0.550 e. The molecule has 0 spiro atoms. The standard InChI is InChI=1S/C6H8O7.3Na.14H2O/c7-3(8)1-6(13,5(11)12)2-4(9)10;;;;;;;;;;;;;;;;;/h13H,1-2H2,(H,7,8)(H,9,10)(H,11,12);;;;14*1H2/q;3*+1;;;;;;;;;;;;;;/p-3. The number of aliphatic hydroxyl groups is 1. The van der Waals surface area contributed by atoms with Crippen LogP contribution in [0.4, 0.5) is 0 Å². The minimum Gasteiger partial charge on any atom is -0.550 e. The van der Waals surface area contributed by atoms with Gasteiger partial charge in [-0.2, -0.15) is 0 Å². The average molecular weight is 510 g/mol. The molecule has 24 heteroatoms. The van der Waals surface area contributed by atoms with E-state index in [1.165, 1.54) is 0 Å². The van der Waals surface area contributed by atoms with Crippen molar-refractivity contribution >= 4 is 17.9 Å². The van der Waals surface area contributed by atoms with Crippen LogP contribution in [0, 0.1) is 0 Å². The number of hydrogen-bond donors (Lipinski definition) is 1. The zero-order chi connectivity index (χ0) is 10.6. The number of carbonyl (C=O) groups excluding carboxylic acids is 3. The van der Waals surface area contributed by atoms with Crippen LogP contribution in [0.1, 0.15) is 12.8 Å². The molecule has 0 heterocycles. The SMILES string of the molecule is O.O.O.O.O.O.O.O.O.O.O.O.O.O.O=C([O-])CC(O)(CC(=O)[O-])C(=O)[O-].[Na+].[Na+].[Na+]. The molecule has 0 aromatic rings. The molecule has 0 saturated heterocycles. The molecule has 186 valence electrons. The van der Waals surface area contributed by atoms with Gasteiger partial charge in [-0.05, 0) is 0 Å². The van der Waals surface area contributed by atoms with Crippen LogP contribution in [0.2, 0.25) is 0 Å². The Balaban J connectivity index is -0.00000000529. The van der Waals surface area contributed by atoms with E-state index in [1.807, 2.05) is 0 Å². The Bertz CT molecular complexity index is 249. The third-order valence-electron chi connectivity index (χ3n) is 1.25. The van der Waals surface area contributed by atoms with E-state index in [-0.39, 0.29) is 165 Å². The molecule has 0 aliphatic rings. The molecule has 0 atom stereocenters. The molecule has 21 nitrogen and oxygen atoms in total. The first kappa shape index (κ1) is 167. The van der Waals surface area contributed by atoms with Crippen molar-refractivity contribution in [3.05, 3.63) is 0 Å². The normalized spacial score (nSPS) is 4.70. The maximum Gasteiger partial charge on any atom is 1.00 e. The van der Waals surface area contributed by atoms with Crippen molar-refractivity contribution in [2.75, 3.05) is 0 Å². The van der Waals surface area contributed by atoms with Gasteiger partial charge in [0.25, 0.3) is 0 Å².